The smallest absolute Gasteiger partial charge is 0.316 e. The van der Waals surface area contributed by atoms with E-state index in [0.717, 1.165) is 0 Å². The number of nitrogens with one attached hydrogen (secondary N) is 2. The molecular formula is C12H15BrFN3O2. The van der Waals surface area contributed by atoms with Crippen molar-refractivity contribution < 1.29 is 14.0 Å². The van der Waals surface area contributed by atoms with Crippen molar-refractivity contribution in [2.75, 3.05) is 27.2 Å². The SMILES string of the molecule is CN(C)C(=O)NCCNC(=O)c1ccc(F)cc1Br. The third kappa shape index (κ3) is 4.86. The molecule has 1 rings (SSSR count). The summed E-state index contributed by atoms with van der Waals surface area (Å²) in [5, 5.41) is 5.24. The van der Waals surface area contributed by atoms with E-state index in [1.807, 2.05) is 0 Å². The molecule has 3 amide bonds. The third-order valence-corrected chi connectivity index (χ3v) is 2.92. The molecule has 0 atom stereocenters. The summed E-state index contributed by atoms with van der Waals surface area (Å²) in [6.07, 6.45) is 0. The first-order valence-corrected chi connectivity index (χ1v) is 6.39. The summed E-state index contributed by atoms with van der Waals surface area (Å²) in [4.78, 5) is 24.4. The zero-order valence-corrected chi connectivity index (χ0v) is 12.3. The van der Waals surface area contributed by atoms with Gasteiger partial charge in [0.25, 0.3) is 5.91 Å². The van der Waals surface area contributed by atoms with Crippen LogP contribution in [-0.4, -0.2) is 44.0 Å². The average Bonchev–Trinajstić information content (AvgIpc) is 2.33. The summed E-state index contributed by atoms with van der Waals surface area (Å²) in [5.41, 5.74) is 0.348. The minimum Gasteiger partial charge on any atom is -0.350 e. The fraction of sp³-hybridized carbons (Fsp3) is 0.333. The normalized spacial score (nSPS) is 9.89. The lowest BCUT2D eigenvalue weighted by atomic mass is 10.2. The summed E-state index contributed by atoms with van der Waals surface area (Å²) in [6, 6.07) is 3.61. The summed E-state index contributed by atoms with van der Waals surface area (Å²) >= 11 is 3.12. The van der Waals surface area contributed by atoms with Gasteiger partial charge in [0, 0.05) is 31.7 Å². The van der Waals surface area contributed by atoms with Crippen LogP contribution in [0.25, 0.3) is 0 Å². The molecule has 104 valence electrons. The Morgan fingerprint density at radius 1 is 1.26 bits per heavy atom. The molecule has 1 aromatic carbocycles. The van der Waals surface area contributed by atoms with Gasteiger partial charge in [0.1, 0.15) is 5.82 Å². The standard InChI is InChI=1S/C12H15BrFN3O2/c1-17(2)12(19)16-6-5-15-11(18)9-4-3-8(14)7-10(9)13/h3-4,7H,5-6H2,1-2H3,(H,15,18)(H,16,19). The van der Waals surface area contributed by atoms with E-state index in [2.05, 4.69) is 26.6 Å². The molecule has 5 nitrogen and oxygen atoms in total. The molecule has 19 heavy (non-hydrogen) atoms. The van der Waals surface area contributed by atoms with E-state index in [9.17, 15) is 14.0 Å². The number of hydrogen-bond acceptors (Lipinski definition) is 2. The Morgan fingerprint density at radius 2 is 1.89 bits per heavy atom. The summed E-state index contributed by atoms with van der Waals surface area (Å²) in [7, 11) is 3.26. The fourth-order valence-electron chi connectivity index (χ4n) is 1.27. The minimum absolute atomic E-state index is 0.225. The first-order valence-electron chi connectivity index (χ1n) is 5.60. The van der Waals surface area contributed by atoms with Crippen LogP contribution >= 0.6 is 15.9 Å². The molecule has 0 saturated carbocycles. The second-order valence-corrected chi connectivity index (χ2v) is 4.86. The second kappa shape index (κ2) is 7.08. The van der Waals surface area contributed by atoms with E-state index in [0.29, 0.717) is 23.1 Å². The first kappa shape index (κ1) is 15.4. The number of carbonyl (C=O) groups is 2. The lowest BCUT2D eigenvalue weighted by Gasteiger charge is -2.12. The molecule has 0 fully saturated rings. The average molecular weight is 332 g/mol. The zero-order valence-electron chi connectivity index (χ0n) is 10.7. The Bertz CT molecular complexity index is 480. The van der Waals surface area contributed by atoms with E-state index in [1.54, 1.807) is 14.1 Å². The highest BCUT2D eigenvalue weighted by molar-refractivity contribution is 9.10. The Kier molecular flexibility index (Phi) is 5.75. The molecule has 0 unspecified atom stereocenters. The van der Waals surface area contributed by atoms with Crippen LogP contribution in [0, 0.1) is 5.82 Å². The van der Waals surface area contributed by atoms with E-state index < -0.39 is 5.82 Å². The summed E-state index contributed by atoms with van der Waals surface area (Å²) in [6.45, 7) is 0.615. The van der Waals surface area contributed by atoms with Crippen LogP contribution in [0.1, 0.15) is 10.4 Å². The molecule has 0 aliphatic carbocycles. The van der Waals surface area contributed by atoms with Crippen molar-refractivity contribution in [2.45, 2.75) is 0 Å². The van der Waals surface area contributed by atoms with Gasteiger partial charge >= 0.3 is 6.03 Å². The number of benzene rings is 1. The fourth-order valence-corrected chi connectivity index (χ4v) is 1.80. The molecule has 0 radical (unpaired) electrons. The molecule has 0 aromatic heterocycles. The van der Waals surface area contributed by atoms with Gasteiger partial charge in [-0.2, -0.15) is 0 Å². The van der Waals surface area contributed by atoms with E-state index in [1.165, 1.54) is 23.1 Å². The Labute approximate surface area is 119 Å². The Balaban J connectivity index is 2.41. The van der Waals surface area contributed by atoms with Gasteiger partial charge in [0.05, 0.1) is 5.56 Å². The van der Waals surface area contributed by atoms with Gasteiger partial charge < -0.3 is 15.5 Å². The van der Waals surface area contributed by atoms with E-state index >= 15 is 0 Å². The molecule has 0 aliphatic rings. The van der Waals surface area contributed by atoms with Crippen molar-refractivity contribution in [3.8, 4) is 0 Å². The maximum Gasteiger partial charge on any atom is 0.316 e. The maximum atomic E-state index is 12.9. The molecule has 0 spiro atoms. The van der Waals surface area contributed by atoms with E-state index in [-0.39, 0.29) is 11.9 Å². The van der Waals surface area contributed by atoms with Crippen LogP contribution in [0.3, 0.4) is 0 Å². The highest BCUT2D eigenvalue weighted by Crippen LogP contribution is 2.17. The molecule has 7 heteroatoms. The topological polar surface area (TPSA) is 61.4 Å². The van der Waals surface area contributed by atoms with Crippen molar-refractivity contribution in [1.82, 2.24) is 15.5 Å². The zero-order chi connectivity index (χ0) is 14.4. The van der Waals surface area contributed by atoms with Crippen molar-refractivity contribution in [1.29, 1.82) is 0 Å². The van der Waals surface area contributed by atoms with Gasteiger partial charge in [0.15, 0.2) is 0 Å². The van der Waals surface area contributed by atoms with Crippen LogP contribution in [-0.2, 0) is 0 Å². The van der Waals surface area contributed by atoms with Crippen LogP contribution in [0.5, 0.6) is 0 Å². The number of halogens is 2. The molecule has 0 heterocycles. The first-order chi connectivity index (χ1) is 8.91. The number of amides is 3. The van der Waals surface area contributed by atoms with Gasteiger partial charge in [-0.15, -0.1) is 0 Å². The maximum absolute atomic E-state index is 12.9. The highest BCUT2D eigenvalue weighted by Gasteiger charge is 2.10. The summed E-state index contributed by atoms with van der Waals surface area (Å²) in [5.74, 6) is -0.743. The van der Waals surface area contributed by atoms with Crippen LogP contribution in [0.4, 0.5) is 9.18 Å². The third-order valence-electron chi connectivity index (χ3n) is 2.27. The predicted molar refractivity (Wildman–Crippen MR) is 73.5 cm³/mol. The number of urea groups is 1. The van der Waals surface area contributed by atoms with Crippen LogP contribution in [0.2, 0.25) is 0 Å². The highest BCUT2D eigenvalue weighted by atomic mass is 79.9. The number of carbonyl (C=O) groups excluding carboxylic acids is 2. The number of nitrogens with zero attached hydrogens (tertiary/aromatic N) is 1. The molecule has 1 aromatic rings. The van der Waals surface area contributed by atoms with Crippen molar-refractivity contribution >= 4 is 27.9 Å². The quantitative estimate of drug-likeness (QED) is 0.823. The van der Waals surface area contributed by atoms with Crippen molar-refractivity contribution in [2.24, 2.45) is 0 Å². The van der Waals surface area contributed by atoms with Crippen molar-refractivity contribution in [3.63, 3.8) is 0 Å². The molecule has 0 saturated heterocycles. The molecular weight excluding hydrogens is 317 g/mol. The van der Waals surface area contributed by atoms with E-state index in [4.69, 9.17) is 0 Å². The molecule has 2 N–H and O–H groups in total. The van der Waals surface area contributed by atoms with Gasteiger partial charge in [0.2, 0.25) is 0 Å². The minimum atomic E-state index is -0.415. The lowest BCUT2D eigenvalue weighted by molar-refractivity contribution is 0.0953. The monoisotopic (exact) mass is 331 g/mol. The molecule has 0 aliphatic heterocycles. The van der Waals surface area contributed by atoms with Crippen molar-refractivity contribution in [3.05, 3.63) is 34.1 Å². The second-order valence-electron chi connectivity index (χ2n) is 4.01. The van der Waals surface area contributed by atoms with Gasteiger partial charge in [-0.3, -0.25) is 4.79 Å². The largest absolute Gasteiger partial charge is 0.350 e. The van der Waals surface area contributed by atoms with Gasteiger partial charge in [-0.1, -0.05) is 0 Å². The number of rotatable bonds is 4. The van der Waals surface area contributed by atoms with Gasteiger partial charge in [-0.25, -0.2) is 9.18 Å². The summed E-state index contributed by atoms with van der Waals surface area (Å²) < 4.78 is 13.3. The lowest BCUT2D eigenvalue weighted by Crippen LogP contribution is -2.39. The predicted octanol–water partition coefficient (Wildman–Crippen LogP) is 1.59. The molecule has 0 bridgehead atoms. The number of hydrogen-bond donors (Lipinski definition) is 2. The van der Waals surface area contributed by atoms with Crippen LogP contribution < -0.4 is 10.6 Å². The van der Waals surface area contributed by atoms with Gasteiger partial charge in [-0.05, 0) is 34.1 Å². The van der Waals surface area contributed by atoms with Crippen LogP contribution in [0.15, 0.2) is 22.7 Å². The Hall–Kier alpha value is -1.63. The Morgan fingerprint density at radius 3 is 2.47 bits per heavy atom.